The fraction of sp³-hybridized carbons (Fsp3) is 0.255. The maximum atomic E-state index is 16.0. The van der Waals surface area contributed by atoms with E-state index in [1.165, 1.54) is 37.2 Å². The van der Waals surface area contributed by atoms with Crippen molar-refractivity contribution in [3.8, 4) is 39.8 Å². The van der Waals surface area contributed by atoms with Crippen molar-refractivity contribution in [1.29, 1.82) is 0 Å². The third-order valence-electron chi connectivity index (χ3n) is 10.5. The van der Waals surface area contributed by atoms with Crippen molar-refractivity contribution in [1.82, 2.24) is 34.8 Å². The van der Waals surface area contributed by atoms with Gasteiger partial charge in [0.25, 0.3) is 0 Å². The number of nitrogens with zero attached hydrogens (tertiary/aromatic N) is 5. The van der Waals surface area contributed by atoms with Crippen LogP contribution >= 0.6 is 0 Å². The molecule has 0 atom stereocenters. The van der Waals surface area contributed by atoms with Crippen LogP contribution in [-0.2, 0) is 44.2 Å². The highest BCUT2D eigenvalue weighted by Gasteiger charge is 2.38. The molecule has 5 aromatic carbocycles. The Balaban J connectivity index is 1.49. The summed E-state index contributed by atoms with van der Waals surface area (Å²) >= 11 is 0. The molecule has 350 valence electrons. The number of benzene rings is 5. The summed E-state index contributed by atoms with van der Waals surface area (Å²) in [6, 6.07) is 29.7. The summed E-state index contributed by atoms with van der Waals surface area (Å²) in [6.07, 6.45) is -0.866. The van der Waals surface area contributed by atoms with Gasteiger partial charge in [-0.05, 0) is 96.8 Å². The van der Waals surface area contributed by atoms with E-state index < -0.39 is 59.6 Å². The number of rotatable bonds is 18. The van der Waals surface area contributed by atoms with Gasteiger partial charge in [-0.25, -0.2) is 26.4 Å². The number of hydrogen-bond acceptors (Lipinski definition) is 13. The minimum Gasteiger partial charge on any atom is -0.497 e. The first-order chi connectivity index (χ1) is 31.9. The summed E-state index contributed by atoms with van der Waals surface area (Å²) in [5.41, 5.74) is 1.37. The van der Waals surface area contributed by atoms with Gasteiger partial charge >= 0.3 is 12.1 Å². The molecule has 0 aliphatic carbocycles. The smallest absolute Gasteiger partial charge is 0.407 e. The molecule has 1 amide bonds. The molecule has 0 bridgehead atoms. The molecule has 0 aliphatic heterocycles. The summed E-state index contributed by atoms with van der Waals surface area (Å²) < 4.78 is 84.2. The van der Waals surface area contributed by atoms with E-state index >= 15 is 8.42 Å². The Morgan fingerprint density at radius 1 is 0.761 bits per heavy atom. The Morgan fingerprint density at radius 3 is 1.87 bits per heavy atom. The molecule has 67 heavy (non-hydrogen) atoms. The number of ether oxygens (including phenoxy) is 4. The number of fused-ring (bicyclic) bond motifs is 1. The van der Waals surface area contributed by atoms with Crippen LogP contribution in [0.1, 0.15) is 48.0 Å². The van der Waals surface area contributed by atoms with Crippen molar-refractivity contribution < 1.29 is 50.5 Å². The summed E-state index contributed by atoms with van der Waals surface area (Å²) in [7, 11) is -5.06. The molecule has 7 rings (SSSR count). The number of para-hydroxylation sites is 1. The molecule has 18 nitrogen and oxygen atoms in total. The number of amides is 1. The highest BCUT2D eigenvalue weighted by atomic mass is 32.2. The highest BCUT2D eigenvalue weighted by molar-refractivity contribution is 7.93. The Bertz CT molecular complexity index is 3080. The molecule has 0 spiro atoms. The Morgan fingerprint density at radius 2 is 1.33 bits per heavy atom. The van der Waals surface area contributed by atoms with Crippen LogP contribution in [0.15, 0.2) is 119 Å². The molecule has 0 radical (unpaired) electrons. The number of carboxylic acids is 1. The molecule has 20 heteroatoms. The maximum Gasteiger partial charge on any atom is 0.407 e. The van der Waals surface area contributed by atoms with E-state index in [0.717, 1.165) is 9.87 Å². The maximum absolute atomic E-state index is 16.0. The molecule has 0 unspecified atom stereocenters. The van der Waals surface area contributed by atoms with Crippen molar-refractivity contribution in [3.05, 3.63) is 132 Å². The molecular formula is C47H49N7O11S2. The van der Waals surface area contributed by atoms with Crippen LogP contribution in [-0.4, -0.2) is 103 Å². The van der Waals surface area contributed by atoms with Crippen LogP contribution in [0.4, 0.5) is 4.79 Å². The van der Waals surface area contributed by atoms with Crippen molar-refractivity contribution in [3.63, 3.8) is 0 Å². The number of sulfonamides is 1. The number of alkyl carbamates (subject to hydrolysis) is 1. The van der Waals surface area contributed by atoms with Gasteiger partial charge < -0.3 is 34.4 Å². The first kappa shape index (κ1) is 47.7. The zero-order valence-corrected chi connectivity index (χ0v) is 39.1. The Kier molecular flexibility index (Phi) is 14.0. The van der Waals surface area contributed by atoms with E-state index in [1.54, 1.807) is 119 Å². The molecule has 3 N–H and O–H groups in total. The molecule has 2 aromatic heterocycles. The minimum absolute atomic E-state index is 0.0813. The van der Waals surface area contributed by atoms with E-state index in [4.69, 9.17) is 18.9 Å². The molecule has 7 aromatic rings. The SMILES string of the molecule is COc1ccc(CN(Cc2ccc(OC)cc2)S(=O)(=O)c2c(S(=O)(=O)CCNC(=O)OC(C)(C)C)ccc(-c3cccc4cc(C(=O)O)[nH]c34)c2-c2nnn(Cc3ccc(OC)cc3)n2)cc1. The van der Waals surface area contributed by atoms with E-state index in [2.05, 4.69) is 25.7 Å². The summed E-state index contributed by atoms with van der Waals surface area (Å²) in [6.45, 7) is 4.13. The number of H-pyrrole nitrogens is 1. The largest absolute Gasteiger partial charge is 0.497 e. The number of tetrazole rings is 1. The van der Waals surface area contributed by atoms with Gasteiger partial charge in [0, 0.05) is 30.6 Å². The second-order valence-corrected chi connectivity index (χ2v) is 20.2. The highest BCUT2D eigenvalue weighted by Crippen LogP contribution is 2.43. The summed E-state index contributed by atoms with van der Waals surface area (Å²) in [4.78, 5) is 27.8. The van der Waals surface area contributed by atoms with E-state index in [0.29, 0.717) is 44.8 Å². The number of hydrogen-bond donors (Lipinski definition) is 3. The van der Waals surface area contributed by atoms with Crippen LogP contribution in [0, 0.1) is 0 Å². The van der Waals surface area contributed by atoms with Crippen molar-refractivity contribution in [2.24, 2.45) is 0 Å². The van der Waals surface area contributed by atoms with Crippen molar-refractivity contribution in [2.75, 3.05) is 33.6 Å². The molecule has 2 heterocycles. The van der Waals surface area contributed by atoms with Gasteiger partial charge in [0.2, 0.25) is 15.8 Å². The number of aromatic carboxylic acids is 1. The number of carboxylic acid groups (broad SMARTS) is 1. The summed E-state index contributed by atoms with van der Waals surface area (Å²) in [5, 5.41) is 26.3. The third-order valence-corrected chi connectivity index (χ3v) is 14.2. The van der Waals surface area contributed by atoms with Gasteiger partial charge in [-0.2, -0.15) is 9.10 Å². The average Bonchev–Trinajstić information content (AvgIpc) is 3.96. The monoisotopic (exact) mass is 951 g/mol. The quantitative estimate of drug-likeness (QED) is 0.0790. The number of methoxy groups -OCH3 is 3. The second kappa shape index (κ2) is 19.7. The number of carbonyl (C=O) groups is 2. The topological polar surface area (TPSA) is 234 Å². The lowest BCUT2D eigenvalue weighted by atomic mass is 9.97. The van der Waals surface area contributed by atoms with Crippen LogP contribution in [0.3, 0.4) is 0 Å². The first-order valence-electron chi connectivity index (χ1n) is 20.8. The van der Waals surface area contributed by atoms with Crippen molar-refractivity contribution >= 4 is 42.8 Å². The standard InChI is InChI=1S/C47H49N7O11S2/c1-47(2,3)65-46(57)48-24-25-66(58,59)40-23-22-37(38-9-7-8-33-26-39(45(55)56)49-42(33)38)41(44-50-52-54(51-44)29-32-14-20-36(64-6)21-15-32)43(40)67(60,61)53(27-30-10-16-34(62-4)17-11-30)28-31-12-18-35(63-5)19-13-31/h7-23,26,49H,24-25,27-29H2,1-6H3,(H,48,57)(H,55,56). The van der Waals surface area contributed by atoms with E-state index in [-0.39, 0.29) is 42.3 Å². The number of aromatic nitrogens is 5. The summed E-state index contributed by atoms with van der Waals surface area (Å²) in [5.74, 6) is -0.538. The minimum atomic E-state index is -4.99. The lowest BCUT2D eigenvalue weighted by Crippen LogP contribution is -2.35. The lowest BCUT2D eigenvalue weighted by Gasteiger charge is -2.26. The normalized spacial score (nSPS) is 12.0. The molecule has 0 saturated carbocycles. The number of sulfone groups is 1. The third kappa shape index (κ3) is 11.1. The lowest BCUT2D eigenvalue weighted by molar-refractivity contribution is 0.0530. The van der Waals surface area contributed by atoms with Crippen LogP contribution < -0.4 is 19.5 Å². The van der Waals surface area contributed by atoms with Crippen LogP contribution in [0.25, 0.3) is 33.4 Å². The Labute approximate surface area is 387 Å². The van der Waals surface area contributed by atoms with Gasteiger partial charge in [-0.3, -0.25) is 0 Å². The van der Waals surface area contributed by atoms with Crippen LogP contribution in [0.5, 0.6) is 17.2 Å². The fourth-order valence-corrected chi connectivity index (χ4v) is 10.9. The fourth-order valence-electron chi connectivity index (χ4n) is 7.25. The van der Waals surface area contributed by atoms with Gasteiger partial charge in [-0.1, -0.05) is 60.7 Å². The predicted molar refractivity (Wildman–Crippen MR) is 248 cm³/mol. The van der Waals surface area contributed by atoms with Gasteiger partial charge in [0.15, 0.2) is 9.84 Å². The number of aromatic amines is 1. The molecule has 0 aliphatic rings. The number of nitrogens with one attached hydrogen (secondary N) is 2. The number of carbonyl (C=O) groups excluding carboxylic acids is 1. The average molecular weight is 952 g/mol. The van der Waals surface area contributed by atoms with Crippen molar-refractivity contribution in [2.45, 2.75) is 55.8 Å². The zero-order valence-electron chi connectivity index (χ0n) is 37.5. The van der Waals surface area contributed by atoms with E-state index in [9.17, 15) is 23.1 Å². The van der Waals surface area contributed by atoms with Crippen LogP contribution in [0.2, 0.25) is 0 Å². The van der Waals surface area contributed by atoms with E-state index in [1.807, 2.05) is 0 Å². The molecular weight excluding hydrogens is 903 g/mol. The predicted octanol–water partition coefficient (Wildman–Crippen LogP) is 6.95. The zero-order chi connectivity index (χ0) is 48.1. The van der Waals surface area contributed by atoms with Gasteiger partial charge in [0.1, 0.15) is 33.4 Å². The van der Waals surface area contributed by atoms with Gasteiger partial charge in [-0.15, -0.1) is 10.2 Å². The molecule has 0 saturated heterocycles. The second-order valence-electron chi connectivity index (χ2n) is 16.3. The molecule has 0 fully saturated rings. The van der Waals surface area contributed by atoms with Gasteiger partial charge in [0.05, 0.1) is 49.6 Å². The Hall–Kier alpha value is -7.29. The first-order valence-corrected chi connectivity index (χ1v) is 23.9.